The molecule has 1 fully saturated rings. The lowest BCUT2D eigenvalue weighted by Crippen LogP contribution is -2.46. The number of nitrogens with two attached hydrogens (primary N) is 1. The van der Waals surface area contributed by atoms with Gasteiger partial charge >= 0.3 is 6.09 Å². The van der Waals surface area contributed by atoms with Crippen molar-refractivity contribution in [2.24, 2.45) is 5.73 Å². The number of piperidine rings is 1. The van der Waals surface area contributed by atoms with Crippen LogP contribution in [0.5, 0.6) is 11.5 Å². The standard InChI is InChI=1S/C27H35N3O7/c1-34-13-2-11-30-23-15-19(3-8-24(23)37-18-26(30)31)17-36-25-16-29(27(32)33)12-9-22(25)20-4-6-21(7-5-20)35-14-10-28/h3-8,15,22,25H,2,9-14,16-18,28H2,1H3,(H,32,33). The quantitative estimate of drug-likeness (QED) is 0.440. The average molecular weight is 514 g/mol. The van der Waals surface area contributed by atoms with Gasteiger partial charge in [0.15, 0.2) is 6.61 Å². The molecule has 2 aliphatic heterocycles. The summed E-state index contributed by atoms with van der Waals surface area (Å²) in [5.41, 5.74) is 8.18. The van der Waals surface area contributed by atoms with Gasteiger partial charge in [0.25, 0.3) is 5.91 Å². The maximum atomic E-state index is 12.5. The highest BCUT2D eigenvalue weighted by atomic mass is 16.5. The molecule has 200 valence electrons. The minimum absolute atomic E-state index is 0.0145. The van der Waals surface area contributed by atoms with Crippen molar-refractivity contribution in [3.63, 3.8) is 0 Å². The molecule has 1 saturated heterocycles. The molecule has 10 nitrogen and oxygen atoms in total. The van der Waals surface area contributed by atoms with E-state index in [0.29, 0.717) is 57.1 Å². The van der Waals surface area contributed by atoms with Crippen molar-refractivity contribution in [1.29, 1.82) is 0 Å². The maximum Gasteiger partial charge on any atom is 0.407 e. The maximum absolute atomic E-state index is 12.5. The zero-order valence-electron chi connectivity index (χ0n) is 21.1. The third-order valence-corrected chi connectivity index (χ3v) is 6.69. The van der Waals surface area contributed by atoms with Crippen LogP contribution in [0.4, 0.5) is 10.5 Å². The Morgan fingerprint density at radius 1 is 1.19 bits per heavy atom. The number of fused-ring (bicyclic) bond motifs is 1. The molecule has 2 heterocycles. The van der Waals surface area contributed by atoms with E-state index < -0.39 is 6.09 Å². The number of carbonyl (C=O) groups is 2. The molecule has 2 amide bonds. The topological polar surface area (TPSA) is 124 Å². The first-order valence-corrected chi connectivity index (χ1v) is 12.6. The van der Waals surface area contributed by atoms with Crippen LogP contribution in [-0.2, 0) is 20.9 Å². The molecular formula is C27H35N3O7. The zero-order valence-corrected chi connectivity index (χ0v) is 21.1. The van der Waals surface area contributed by atoms with Crippen LogP contribution in [0.1, 0.15) is 29.9 Å². The van der Waals surface area contributed by atoms with Crippen molar-refractivity contribution >= 4 is 17.7 Å². The fraction of sp³-hybridized carbons (Fsp3) is 0.481. The van der Waals surface area contributed by atoms with E-state index in [1.54, 1.807) is 12.0 Å². The fourth-order valence-corrected chi connectivity index (χ4v) is 4.78. The second-order valence-corrected chi connectivity index (χ2v) is 9.16. The molecule has 2 atom stereocenters. The van der Waals surface area contributed by atoms with E-state index >= 15 is 0 Å². The normalized spacial score (nSPS) is 19.4. The largest absolute Gasteiger partial charge is 0.492 e. The van der Waals surface area contributed by atoms with Crippen LogP contribution in [-0.4, -0.2) is 81.2 Å². The lowest BCUT2D eigenvalue weighted by atomic mass is 9.87. The highest BCUT2D eigenvalue weighted by molar-refractivity contribution is 5.97. The summed E-state index contributed by atoms with van der Waals surface area (Å²) in [7, 11) is 1.64. The highest BCUT2D eigenvalue weighted by Crippen LogP contribution is 2.35. The summed E-state index contributed by atoms with van der Waals surface area (Å²) in [6.45, 7) is 3.01. The second-order valence-electron chi connectivity index (χ2n) is 9.16. The van der Waals surface area contributed by atoms with Crippen LogP contribution in [0, 0.1) is 0 Å². The molecule has 2 aromatic carbocycles. The van der Waals surface area contributed by atoms with Crippen LogP contribution >= 0.6 is 0 Å². The van der Waals surface area contributed by atoms with Gasteiger partial charge in [-0.15, -0.1) is 0 Å². The smallest absolute Gasteiger partial charge is 0.407 e. The van der Waals surface area contributed by atoms with Crippen molar-refractivity contribution in [2.75, 3.05) is 58.0 Å². The first-order chi connectivity index (χ1) is 18.0. The Labute approximate surface area is 216 Å². The fourth-order valence-electron chi connectivity index (χ4n) is 4.78. The van der Waals surface area contributed by atoms with Crippen LogP contribution in [0.3, 0.4) is 0 Å². The predicted molar refractivity (Wildman–Crippen MR) is 137 cm³/mol. The SMILES string of the molecule is COCCCN1C(=O)COc2ccc(COC3CN(C(=O)O)CCC3c3ccc(OCCN)cc3)cc21. The van der Waals surface area contributed by atoms with E-state index in [1.807, 2.05) is 42.5 Å². The van der Waals surface area contributed by atoms with E-state index in [-0.39, 0.29) is 37.7 Å². The predicted octanol–water partition coefficient (Wildman–Crippen LogP) is 2.84. The summed E-state index contributed by atoms with van der Waals surface area (Å²) in [5.74, 6) is 1.35. The van der Waals surface area contributed by atoms with Crippen LogP contribution in [0.15, 0.2) is 42.5 Å². The van der Waals surface area contributed by atoms with Crippen LogP contribution in [0.25, 0.3) is 0 Å². The van der Waals surface area contributed by atoms with E-state index in [2.05, 4.69) is 0 Å². The minimum atomic E-state index is -0.950. The molecule has 4 rings (SSSR count). The van der Waals surface area contributed by atoms with Gasteiger partial charge in [-0.25, -0.2) is 4.79 Å². The van der Waals surface area contributed by atoms with Gasteiger partial charge in [0.05, 0.1) is 24.9 Å². The number of hydrogen-bond donors (Lipinski definition) is 2. The number of amides is 2. The third kappa shape index (κ3) is 6.71. The Morgan fingerprint density at radius 2 is 2.00 bits per heavy atom. The number of anilines is 1. The number of carbonyl (C=O) groups excluding carboxylic acids is 1. The molecule has 0 saturated carbocycles. The van der Waals surface area contributed by atoms with Crippen LogP contribution in [0.2, 0.25) is 0 Å². The van der Waals surface area contributed by atoms with Gasteiger partial charge in [0.1, 0.15) is 18.1 Å². The molecule has 37 heavy (non-hydrogen) atoms. The first kappa shape index (κ1) is 26.7. The molecule has 2 unspecified atom stereocenters. The van der Waals surface area contributed by atoms with E-state index in [0.717, 1.165) is 16.9 Å². The lowest BCUT2D eigenvalue weighted by molar-refractivity contribution is -0.121. The third-order valence-electron chi connectivity index (χ3n) is 6.69. The number of carboxylic acid groups (broad SMARTS) is 1. The zero-order chi connectivity index (χ0) is 26.2. The Hall–Kier alpha value is -3.34. The number of likely N-dealkylation sites (tertiary alicyclic amines) is 1. The number of ether oxygens (including phenoxy) is 4. The number of methoxy groups -OCH3 is 1. The number of hydrogen-bond acceptors (Lipinski definition) is 7. The summed E-state index contributed by atoms with van der Waals surface area (Å²) < 4.78 is 22.7. The van der Waals surface area contributed by atoms with Gasteiger partial charge < -0.3 is 39.6 Å². The Bertz CT molecular complexity index is 1060. The average Bonchev–Trinajstić information content (AvgIpc) is 2.92. The highest BCUT2D eigenvalue weighted by Gasteiger charge is 2.33. The van der Waals surface area contributed by atoms with Gasteiger partial charge in [-0.2, -0.15) is 0 Å². The van der Waals surface area contributed by atoms with Gasteiger partial charge in [-0.05, 0) is 48.2 Å². The molecule has 10 heteroatoms. The van der Waals surface area contributed by atoms with Gasteiger partial charge in [-0.3, -0.25) is 4.79 Å². The van der Waals surface area contributed by atoms with Crippen molar-refractivity contribution in [2.45, 2.75) is 31.5 Å². The van der Waals surface area contributed by atoms with Crippen LogP contribution < -0.4 is 20.1 Å². The molecule has 0 aliphatic carbocycles. The van der Waals surface area contributed by atoms with Crippen molar-refractivity contribution in [3.05, 3.63) is 53.6 Å². The first-order valence-electron chi connectivity index (χ1n) is 12.6. The van der Waals surface area contributed by atoms with E-state index in [4.69, 9.17) is 24.7 Å². The molecule has 3 N–H and O–H groups in total. The summed E-state index contributed by atoms with van der Waals surface area (Å²) >= 11 is 0. The molecule has 0 aromatic heterocycles. The van der Waals surface area contributed by atoms with Gasteiger partial charge in [0, 0.05) is 39.3 Å². The Morgan fingerprint density at radius 3 is 2.73 bits per heavy atom. The number of nitrogens with zero attached hydrogens (tertiary/aromatic N) is 2. The summed E-state index contributed by atoms with van der Waals surface area (Å²) in [4.78, 5) is 27.3. The van der Waals surface area contributed by atoms with Gasteiger partial charge in [0.2, 0.25) is 0 Å². The van der Waals surface area contributed by atoms with Gasteiger partial charge in [-0.1, -0.05) is 18.2 Å². The second kappa shape index (κ2) is 12.8. The molecule has 2 aromatic rings. The van der Waals surface area contributed by atoms with Crippen molar-refractivity contribution in [3.8, 4) is 11.5 Å². The van der Waals surface area contributed by atoms with Crippen molar-refractivity contribution < 1.29 is 33.6 Å². The number of benzene rings is 2. The summed E-state index contributed by atoms with van der Waals surface area (Å²) in [5, 5.41) is 9.58. The Balaban J connectivity index is 1.48. The van der Waals surface area contributed by atoms with Crippen molar-refractivity contribution in [1.82, 2.24) is 4.90 Å². The lowest BCUT2D eigenvalue weighted by Gasteiger charge is -2.37. The molecular weight excluding hydrogens is 478 g/mol. The molecule has 2 aliphatic rings. The molecule has 0 radical (unpaired) electrons. The number of rotatable bonds is 11. The summed E-state index contributed by atoms with van der Waals surface area (Å²) in [6.07, 6.45) is 0.0913. The summed E-state index contributed by atoms with van der Waals surface area (Å²) in [6, 6.07) is 13.5. The van der Waals surface area contributed by atoms with E-state index in [1.165, 1.54) is 4.90 Å². The minimum Gasteiger partial charge on any atom is -0.492 e. The van der Waals surface area contributed by atoms with E-state index in [9.17, 15) is 14.7 Å². The monoisotopic (exact) mass is 513 g/mol. The molecule has 0 bridgehead atoms. The molecule has 0 spiro atoms. The Kier molecular flexibility index (Phi) is 9.21.